The van der Waals surface area contributed by atoms with E-state index in [2.05, 4.69) is 10.3 Å². The number of amides is 1. The Labute approximate surface area is 178 Å². The summed E-state index contributed by atoms with van der Waals surface area (Å²) in [6, 6.07) is 13.4. The van der Waals surface area contributed by atoms with Gasteiger partial charge in [-0.3, -0.25) is 14.2 Å². The summed E-state index contributed by atoms with van der Waals surface area (Å²) in [7, 11) is -3.72. The van der Waals surface area contributed by atoms with E-state index in [0.29, 0.717) is 24.1 Å². The minimum Gasteiger partial charge on any atom is -0.356 e. The second kappa shape index (κ2) is 8.32. The van der Waals surface area contributed by atoms with Gasteiger partial charge in [0.2, 0.25) is 15.9 Å². The summed E-state index contributed by atoms with van der Waals surface area (Å²) in [5.74, 6) is -0.188. The van der Waals surface area contributed by atoms with Gasteiger partial charge in [0.05, 0.1) is 10.4 Å². The first-order chi connectivity index (χ1) is 14.8. The van der Waals surface area contributed by atoms with Crippen molar-refractivity contribution in [1.29, 1.82) is 0 Å². The van der Waals surface area contributed by atoms with Gasteiger partial charge in [-0.05, 0) is 48.4 Å². The zero-order valence-electron chi connectivity index (χ0n) is 16.6. The van der Waals surface area contributed by atoms with E-state index >= 15 is 0 Å². The Hall–Kier alpha value is -3.50. The second-order valence-electron chi connectivity index (χ2n) is 7.11. The molecule has 9 nitrogen and oxygen atoms in total. The molecule has 10 heteroatoms. The van der Waals surface area contributed by atoms with Crippen molar-refractivity contribution in [1.82, 2.24) is 19.3 Å². The van der Waals surface area contributed by atoms with Gasteiger partial charge in [-0.25, -0.2) is 18.5 Å². The van der Waals surface area contributed by atoms with Gasteiger partial charge in [-0.2, -0.15) is 0 Å². The zero-order chi connectivity index (χ0) is 22.0. The summed E-state index contributed by atoms with van der Waals surface area (Å²) in [6.07, 6.45) is 4.10. The highest BCUT2D eigenvalue weighted by atomic mass is 32.2. The van der Waals surface area contributed by atoms with Gasteiger partial charge >= 0.3 is 0 Å². The van der Waals surface area contributed by atoms with Crippen molar-refractivity contribution in [2.75, 3.05) is 6.54 Å². The number of fused-ring (bicyclic) bond motifs is 3. The molecule has 0 aliphatic rings. The predicted octanol–water partition coefficient (Wildman–Crippen LogP) is 1.05. The molecule has 4 aromatic rings. The summed E-state index contributed by atoms with van der Waals surface area (Å²) >= 11 is 0. The first-order valence-electron chi connectivity index (χ1n) is 9.67. The number of primary sulfonamides is 1. The number of benzene rings is 1. The van der Waals surface area contributed by atoms with Crippen LogP contribution in [0.15, 0.2) is 70.6 Å². The summed E-state index contributed by atoms with van der Waals surface area (Å²) in [6.45, 7) is 0.599. The average Bonchev–Trinajstić information content (AvgIpc) is 3.24. The molecule has 0 bridgehead atoms. The molecular formula is C21H21N5O4S. The number of hydrogen-bond donors (Lipinski definition) is 2. The number of pyridine rings is 1. The first kappa shape index (κ1) is 20.8. The van der Waals surface area contributed by atoms with Crippen LogP contribution in [0.25, 0.3) is 16.7 Å². The van der Waals surface area contributed by atoms with E-state index in [4.69, 9.17) is 5.14 Å². The molecule has 0 aliphatic carbocycles. The molecule has 0 saturated carbocycles. The van der Waals surface area contributed by atoms with E-state index < -0.39 is 10.0 Å². The van der Waals surface area contributed by atoms with Crippen LogP contribution in [0.3, 0.4) is 0 Å². The Balaban J connectivity index is 1.39. The minimum atomic E-state index is -3.72. The standard InChI is InChI=1S/C21H21N5O4S/c22-31(29,30)16-7-5-15(6-8-16)9-12-23-19(27)10-14-26-20-17(3-1-11-24-20)25-13-2-4-18(25)21(26)28/h1-8,11,13H,9-10,12,14H2,(H,23,27)(H2,22,29,30). The van der Waals surface area contributed by atoms with Crippen LogP contribution >= 0.6 is 0 Å². The maximum atomic E-state index is 12.8. The maximum absolute atomic E-state index is 12.8. The average molecular weight is 439 g/mol. The van der Waals surface area contributed by atoms with Crippen LogP contribution in [0.5, 0.6) is 0 Å². The lowest BCUT2D eigenvalue weighted by atomic mass is 10.1. The van der Waals surface area contributed by atoms with Gasteiger partial charge in [-0.15, -0.1) is 0 Å². The Morgan fingerprint density at radius 1 is 1.06 bits per heavy atom. The van der Waals surface area contributed by atoms with E-state index in [1.807, 2.05) is 12.3 Å². The van der Waals surface area contributed by atoms with Gasteiger partial charge in [0, 0.05) is 31.9 Å². The van der Waals surface area contributed by atoms with E-state index in [0.717, 1.165) is 11.1 Å². The molecule has 3 heterocycles. The van der Waals surface area contributed by atoms with Crippen molar-refractivity contribution >= 4 is 32.6 Å². The third-order valence-electron chi connectivity index (χ3n) is 5.04. The predicted molar refractivity (Wildman–Crippen MR) is 116 cm³/mol. The maximum Gasteiger partial charge on any atom is 0.276 e. The van der Waals surface area contributed by atoms with Gasteiger partial charge in [-0.1, -0.05) is 12.1 Å². The quantitative estimate of drug-likeness (QED) is 0.445. The number of aryl methyl sites for hydroxylation is 1. The van der Waals surface area contributed by atoms with E-state index in [9.17, 15) is 18.0 Å². The smallest absolute Gasteiger partial charge is 0.276 e. The molecule has 31 heavy (non-hydrogen) atoms. The first-order valence-corrected chi connectivity index (χ1v) is 11.2. The molecule has 0 radical (unpaired) electrons. The molecule has 0 spiro atoms. The van der Waals surface area contributed by atoms with Crippen LogP contribution in [0.1, 0.15) is 12.0 Å². The summed E-state index contributed by atoms with van der Waals surface area (Å²) < 4.78 is 25.9. The molecule has 0 fully saturated rings. The minimum absolute atomic E-state index is 0.0477. The van der Waals surface area contributed by atoms with Gasteiger partial charge in [0.25, 0.3) is 5.56 Å². The number of sulfonamides is 1. The Kier molecular flexibility index (Phi) is 5.57. The molecule has 0 saturated heterocycles. The number of nitrogens with one attached hydrogen (secondary N) is 1. The van der Waals surface area contributed by atoms with Crippen molar-refractivity contribution in [3.8, 4) is 0 Å². The highest BCUT2D eigenvalue weighted by Gasteiger charge is 2.12. The molecule has 4 rings (SSSR count). The van der Waals surface area contributed by atoms with Crippen LogP contribution in [0.2, 0.25) is 0 Å². The van der Waals surface area contributed by atoms with Crippen LogP contribution in [-0.2, 0) is 27.8 Å². The normalized spacial score (nSPS) is 11.8. The van der Waals surface area contributed by atoms with E-state index in [1.165, 1.54) is 16.7 Å². The monoisotopic (exact) mass is 439 g/mol. The van der Waals surface area contributed by atoms with Crippen molar-refractivity contribution < 1.29 is 13.2 Å². The molecule has 3 N–H and O–H groups in total. The number of rotatable bonds is 7. The lowest BCUT2D eigenvalue weighted by molar-refractivity contribution is -0.121. The van der Waals surface area contributed by atoms with Crippen molar-refractivity contribution in [3.05, 3.63) is 76.8 Å². The van der Waals surface area contributed by atoms with Crippen molar-refractivity contribution in [2.45, 2.75) is 24.3 Å². The molecule has 160 valence electrons. The number of nitrogens with two attached hydrogens (primary N) is 1. The third kappa shape index (κ3) is 4.35. The third-order valence-corrected chi connectivity index (χ3v) is 5.97. The van der Waals surface area contributed by atoms with Crippen LogP contribution in [-0.4, -0.2) is 34.8 Å². The number of nitrogens with zero attached hydrogens (tertiary/aromatic N) is 3. The summed E-state index contributed by atoms with van der Waals surface area (Å²) in [5, 5.41) is 7.91. The Morgan fingerprint density at radius 3 is 2.55 bits per heavy atom. The highest BCUT2D eigenvalue weighted by molar-refractivity contribution is 7.89. The molecular weight excluding hydrogens is 418 g/mol. The Morgan fingerprint density at radius 2 is 1.81 bits per heavy atom. The summed E-state index contributed by atoms with van der Waals surface area (Å²) in [5.41, 5.74) is 2.53. The molecule has 3 aromatic heterocycles. The fourth-order valence-electron chi connectivity index (χ4n) is 3.49. The largest absolute Gasteiger partial charge is 0.356 e. The zero-order valence-corrected chi connectivity index (χ0v) is 17.4. The SMILES string of the molecule is NS(=O)(=O)c1ccc(CCNC(=O)CCn2c(=O)c3cccn3c3cccnc32)cc1. The second-order valence-corrected chi connectivity index (χ2v) is 8.67. The molecule has 1 amide bonds. The molecule has 1 aromatic carbocycles. The van der Waals surface area contributed by atoms with Crippen LogP contribution in [0.4, 0.5) is 0 Å². The number of hydrogen-bond acceptors (Lipinski definition) is 5. The van der Waals surface area contributed by atoms with Crippen molar-refractivity contribution in [3.63, 3.8) is 0 Å². The lowest BCUT2D eigenvalue weighted by Gasteiger charge is -2.12. The highest BCUT2D eigenvalue weighted by Crippen LogP contribution is 2.13. The van der Waals surface area contributed by atoms with Crippen LogP contribution in [0, 0.1) is 0 Å². The number of carbonyl (C=O) groups is 1. The van der Waals surface area contributed by atoms with Gasteiger partial charge in [0.15, 0.2) is 5.65 Å². The fourth-order valence-corrected chi connectivity index (χ4v) is 4.00. The van der Waals surface area contributed by atoms with Gasteiger partial charge in [0.1, 0.15) is 5.52 Å². The summed E-state index contributed by atoms with van der Waals surface area (Å²) in [4.78, 5) is 29.5. The van der Waals surface area contributed by atoms with Crippen molar-refractivity contribution in [2.24, 2.45) is 5.14 Å². The Bertz CT molecular complexity index is 1420. The molecule has 0 unspecified atom stereocenters. The van der Waals surface area contributed by atoms with Crippen LogP contribution < -0.4 is 16.0 Å². The number of carbonyl (C=O) groups excluding carboxylic acids is 1. The fraction of sp³-hybridized carbons (Fsp3) is 0.190. The van der Waals surface area contributed by atoms with E-state index in [1.54, 1.807) is 40.9 Å². The lowest BCUT2D eigenvalue weighted by Crippen LogP contribution is -2.29. The topological polar surface area (TPSA) is 129 Å². The molecule has 0 aliphatic heterocycles. The molecule has 0 atom stereocenters. The number of aromatic nitrogens is 3. The van der Waals surface area contributed by atoms with E-state index in [-0.39, 0.29) is 29.3 Å². The van der Waals surface area contributed by atoms with Gasteiger partial charge < -0.3 is 9.72 Å².